The van der Waals surface area contributed by atoms with Crippen molar-refractivity contribution in [2.75, 3.05) is 5.32 Å². The Balaban J connectivity index is 1.48. The van der Waals surface area contributed by atoms with Gasteiger partial charge in [0.2, 0.25) is 5.91 Å². The molecular weight excluding hydrogens is 410 g/mol. The third-order valence-electron chi connectivity index (χ3n) is 4.81. The summed E-state index contributed by atoms with van der Waals surface area (Å²) in [4.78, 5) is 26.1. The molecule has 1 N–H and O–H groups in total. The van der Waals surface area contributed by atoms with Gasteiger partial charge in [-0.1, -0.05) is 55.4 Å². The number of carbonyl (C=O) groups excluding carboxylic acids is 1. The fraction of sp³-hybridized carbons (Fsp3) is 0.217. The summed E-state index contributed by atoms with van der Waals surface area (Å²) in [6.45, 7) is 6.07. The minimum atomic E-state index is -0.452. The van der Waals surface area contributed by atoms with Gasteiger partial charge >= 0.3 is 5.69 Å². The molecule has 0 aliphatic carbocycles. The van der Waals surface area contributed by atoms with Crippen molar-refractivity contribution in [3.05, 3.63) is 82.3 Å². The number of fused-ring (bicyclic) bond motifs is 1. The smallest absolute Gasteiger partial charge is 0.324 e. The Kier molecular flexibility index (Phi) is 5.90. The van der Waals surface area contributed by atoms with Crippen molar-refractivity contribution in [3.8, 4) is 0 Å². The second kappa shape index (κ2) is 8.77. The highest BCUT2D eigenvalue weighted by atomic mass is 32.2. The monoisotopic (exact) mass is 433 g/mol. The molecule has 8 heteroatoms. The molecule has 2 aromatic heterocycles. The van der Waals surface area contributed by atoms with Crippen LogP contribution in [-0.2, 0) is 11.3 Å². The van der Waals surface area contributed by atoms with Crippen molar-refractivity contribution in [1.29, 1.82) is 0 Å². The highest BCUT2D eigenvalue weighted by molar-refractivity contribution is 7.99. The second-order valence-corrected chi connectivity index (χ2v) is 8.72. The van der Waals surface area contributed by atoms with Gasteiger partial charge in [-0.3, -0.25) is 4.79 Å². The Hall–Kier alpha value is -3.39. The van der Waals surface area contributed by atoms with E-state index in [0.717, 1.165) is 9.58 Å². The molecule has 2 aromatic carbocycles. The fourth-order valence-electron chi connectivity index (χ4n) is 3.06. The molecule has 0 radical (unpaired) electrons. The van der Waals surface area contributed by atoms with Crippen molar-refractivity contribution in [2.24, 2.45) is 0 Å². The molecule has 4 rings (SSSR count). The molecule has 0 saturated heterocycles. The van der Waals surface area contributed by atoms with Crippen LogP contribution in [0.4, 0.5) is 5.69 Å². The van der Waals surface area contributed by atoms with Crippen molar-refractivity contribution < 1.29 is 4.79 Å². The minimum absolute atomic E-state index is 0.186. The van der Waals surface area contributed by atoms with Crippen LogP contribution in [0.2, 0.25) is 0 Å². The zero-order valence-electron chi connectivity index (χ0n) is 17.6. The van der Waals surface area contributed by atoms with E-state index < -0.39 is 5.69 Å². The molecule has 0 spiro atoms. The summed E-state index contributed by atoms with van der Waals surface area (Å²) in [6, 6.07) is 19.3. The van der Waals surface area contributed by atoms with Crippen LogP contribution in [0.25, 0.3) is 5.65 Å². The maximum atomic E-state index is 12.7. The lowest BCUT2D eigenvalue weighted by molar-refractivity contribution is -0.117. The number of anilines is 1. The van der Waals surface area contributed by atoms with Crippen LogP contribution in [0.1, 0.15) is 30.9 Å². The third kappa shape index (κ3) is 4.86. The first-order valence-corrected chi connectivity index (χ1v) is 10.8. The second-order valence-electron chi connectivity index (χ2n) is 7.62. The molecule has 2 heterocycles. The van der Waals surface area contributed by atoms with Crippen LogP contribution in [0, 0.1) is 6.92 Å². The number of hydrogen-bond donors (Lipinski definition) is 1. The van der Waals surface area contributed by atoms with Gasteiger partial charge in [0.15, 0.2) is 5.65 Å². The summed E-state index contributed by atoms with van der Waals surface area (Å²) in [5, 5.41) is 12.1. The quantitative estimate of drug-likeness (QED) is 0.495. The molecule has 4 aromatic rings. The van der Waals surface area contributed by atoms with Gasteiger partial charge in [-0.2, -0.15) is 9.61 Å². The van der Waals surface area contributed by atoms with E-state index in [1.807, 2.05) is 61.5 Å². The number of hydrogen-bond acceptors (Lipinski definition) is 5. The highest BCUT2D eigenvalue weighted by Gasteiger charge is 2.13. The maximum Gasteiger partial charge on any atom is 0.367 e. The summed E-state index contributed by atoms with van der Waals surface area (Å²) in [5.74, 6) is 0.0971. The van der Waals surface area contributed by atoms with Crippen molar-refractivity contribution in [3.63, 3.8) is 0 Å². The third-order valence-corrected chi connectivity index (χ3v) is 5.75. The van der Waals surface area contributed by atoms with E-state index in [9.17, 15) is 9.59 Å². The molecular formula is C23H23N5O2S. The first-order valence-electron chi connectivity index (χ1n) is 10.0. The minimum Gasteiger partial charge on any atom is -0.324 e. The first kappa shape index (κ1) is 20.9. The van der Waals surface area contributed by atoms with Crippen LogP contribution in [0.15, 0.2) is 75.4 Å². The van der Waals surface area contributed by atoms with E-state index >= 15 is 0 Å². The standard InChI is InChI=1S/C23H23N5O2S/c1-15(2)17-6-8-18(9-7-17)24-21(29)14-27-23(30)28-20(25-27)12-13-22(26-28)31-19-10-4-16(3)5-11-19/h4-13,15H,14H2,1-3H3,(H,24,29). The molecule has 31 heavy (non-hydrogen) atoms. The largest absolute Gasteiger partial charge is 0.367 e. The summed E-state index contributed by atoms with van der Waals surface area (Å²) in [6.07, 6.45) is 0. The lowest BCUT2D eigenvalue weighted by atomic mass is 10.0. The van der Waals surface area contributed by atoms with Gasteiger partial charge in [0.25, 0.3) is 0 Å². The average Bonchev–Trinajstić information content (AvgIpc) is 3.05. The predicted molar refractivity (Wildman–Crippen MR) is 122 cm³/mol. The van der Waals surface area contributed by atoms with Gasteiger partial charge in [-0.05, 0) is 54.8 Å². The number of rotatable bonds is 6. The number of amides is 1. The number of benzene rings is 2. The molecule has 0 aliphatic rings. The van der Waals surface area contributed by atoms with Crippen LogP contribution in [0.5, 0.6) is 0 Å². The van der Waals surface area contributed by atoms with Crippen molar-refractivity contribution in [1.82, 2.24) is 19.4 Å². The van der Waals surface area contributed by atoms with E-state index in [4.69, 9.17) is 0 Å². The highest BCUT2D eigenvalue weighted by Crippen LogP contribution is 2.25. The van der Waals surface area contributed by atoms with Crippen LogP contribution < -0.4 is 11.0 Å². The fourth-order valence-corrected chi connectivity index (χ4v) is 3.84. The lowest BCUT2D eigenvalue weighted by Crippen LogP contribution is -2.28. The molecule has 0 saturated carbocycles. The Bertz CT molecular complexity index is 1270. The molecule has 0 unspecified atom stereocenters. The van der Waals surface area contributed by atoms with Gasteiger partial charge in [0.05, 0.1) is 0 Å². The molecule has 7 nitrogen and oxygen atoms in total. The number of nitrogens with one attached hydrogen (secondary N) is 1. The van der Waals surface area contributed by atoms with Gasteiger partial charge in [-0.25, -0.2) is 9.48 Å². The van der Waals surface area contributed by atoms with Gasteiger partial charge in [0.1, 0.15) is 11.6 Å². The number of carbonyl (C=O) groups is 1. The molecule has 1 amide bonds. The van der Waals surface area contributed by atoms with E-state index in [2.05, 4.69) is 29.4 Å². The summed E-state index contributed by atoms with van der Waals surface area (Å²) >= 11 is 1.46. The Morgan fingerprint density at radius 2 is 1.71 bits per heavy atom. The van der Waals surface area contributed by atoms with Gasteiger partial charge in [-0.15, -0.1) is 5.10 Å². The first-order chi connectivity index (χ1) is 14.9. The van der Waals surface area contributed by atoms with Crippen LogP contribution in [0.3, 0.4) is 0 Å². The van der Waals surface area contributed by atoms with Crippen LogP contribution >= 0.6 is 11.8 Å². The topological polar surface area (TPSA) is 81.3 Å². The lowest BCUT2D eigenvalue weighted by Gasteiger charge is -2.08. The molecule has 0 bridgehead atoms. The zero-order chi connectivity index (χ0) is 22.0. The predicted octanol–water partition coefficient (Wildman–Crippen LogP) is 4.11. The van der Waals surface area contributed by atoms with Crippen LogP contribution in [-0.4, -0.2) is 25.3 Å². The summed E-state index contributed by atoms with van der Waals surface area (Å²) < 4.78 is 2.35. The summed E-state index contributed by atoms with van der Waals surface area (Å²) in [5.41, 5.74) is 3.00. The van der Waals surface area contributed by atoms with E-state index in [1.54, 1.807) is 6.07 Å². The molecule has 0 fully saturated rings. The Labute approximate surface area is 184 Å². The number of nitrogens with zero attached hydrogens (tertiary/aromatic N) is 4. The number of aryl methyl sites for hydroxylation is 1. The van der Waals surface area contributed by atoms with Gasteiger partial charge in [0, 0.05) is 10.6 Å². The van der Waals surface area contributed by atoms with E-state index in [1.165, 1.54) is 27.4 Å². The van der Waals surface area contributed by atoms with Gasteiger partial charge < -0.3 is 5.32 Å². The Morgan fingerprint density at radius 3 is 2.39 bits per heavy atom. The van der Waals surface area contributed by atoms with E-state index in [0.29, 0.717) is 22.3 Å². The molecule has 0 aliphatic heterocycles. The Morgan fingerprint density at radius 1 is 1.00 bits per heavy atom. The zero-order valence-corrected chi connectivity index (χ0v) is 18.4. The maximum absolute atomic E-state index is 12.7. The molecule has 0 atom stereocenters. The normalized spacial score (nSPS) is 11.2. The SMILES string of the molecule is Cc1ccc(Sc2ccc3nn(CC(=O)Nc4ccc(C(C)C)cc4)c(=O)n3n2)cc1. The number of aromatic nitrogens is 4. The molecule has 158 valence electrons. The van der Waals surface area contributed by atoms with Crippen molar-refractivity contribution in [2.45, 2.75) is 43.2 Å². The average molecular weight is 434 g/mol. The van der Waals surface area contributed by atoms with E-state index in [-0.39, 0.29) is 12.5 Å². The summed E-state index contributed by atoms with van der Waals surface area (Å²) in [7, 11) is 0. The van der Waals surface area contributed by atoms with Crippen molar-refractivity contribution >= 4 is 29.0 Å².